The monoisotopic (exact) mass is 361 g/mol. The van der Waals surface area contributed by atoms with E-state index in [1.54, 1.807) is 24.1 Å². The second-order valence-electron chi connectivity index (χ2n) is 6.14. The first-order valence-corrected chi connectivity index (χ1v) is 8.83. The molecule has 0 aromatic heterocycles. The van der Waals surface area contributed by atoms with Crippen LogP contribution < -0.4 is 9.47 Å². The number of rotatable bonds is 6. The van der Waals surface area contributed by atoms with Gasteiger partial charge in [-0.25, -0.2) is 0 Å². The molecule has 0 amide bonds. The Labute approximate surface area is 144 Å². The number of alkyl halides is 3. The lowest BCUT2D eigenvalue weighted by atomic mass is 9.99. The van der Waals surface area contributed by atoms with E-state index in [4.69, 9.17) is 9.47 Å². The molecule has 0 radical (unpaired) electrons. The van der Waals surface area contributed by atoms with Crippen molar-refractivity contribution in [1.29, 1.82) is 0 Å². The van der Waals surface area contributed by atoms with Gasteiger partial charge in [0.25, 0.3) is 0 Å². The van der Waals surface area contributed by atoms with Crippen molar-refractivity contribution in [2.45, 2.75) is 38.5 Å². The molecule has 1 aliphatic heterocycles. The summed E-state index contributed by atoms with van der Waals surface area (Å²) in [6.07, 6.45) is -1.04. The van der Waals surface area contributed by atoms with E-state index in [0.717, 1.165) is 17.0 Å². The minimum Gasteiger partial charge on any atom is -0.494 e. The summed E-state index contributed by atoms with van der Waals surface area (Å²) in [4.78, 5) is 0. The first-order chi connectivity index (χ1) is 11.1. The lowest BCUT2D eigenvalue weighted by molar-refractivity contribution is -0.136. The van der Waals surface area contributed by atoms with Crippen molar-refractivity contribution in [2.24, 2.45) is 0 Å². The van der Waals surface area contributed by atoms with Gasteiger partial charge in [0.05, 0.1) is 12.3 Å². The number of hydrogen-bond acceptors (Lipinski definition) is 4. The van der Waals surface area contributed by atoms with Gasteiger partial charge in [-0.2, -0.15) is 13.2 Å². The lowest BCUT2D eigenvalue weighted by Crippen LogP contribution is -2.31. The smallest absolute Gasteiger partial charge is 0.389 e. The van der Waals surface area contributed by atoms with Crippen LogP contribution in [0.4, 0.5) is 13.2 Å². The van der Waals surface area contributed by atoms with E-state index in [-0.39, 0.29) is 13.0 Å². The molecule has 0 N–H and O–H groups in total. The van der Waals surface area contributed by atoms with E-state index >= 15 is 0 Å². The highest BCUT2D eigenvalue weighted by Crippen LogP contribution is 2.40. The molecule has 134 valence electrons. The van der Waals surface area contributed by atoms with Crippen LogP contribution in [0.5, 0.6) is 11.5 Å². The first-order valence-electron chi connectivity index (χ1n) is 7.65. The average molecular weight is 361 g/mol. The molecule has 3 nitrogen and oxygen atoms in total. The Bertz CT molecular complexity index is 614. The fraction of sp³-hybridized carbons (Fsp3) is 0.529. The van der Waals surface area contributed by atoms with Gasteiger partial charge >= 0.3 is 6.18 Å². The molecule has 0 bridgehead atoms. The third-order valence-corrected chi connectivity index (χ3v) is 4.32. The van der Waals surface area contributed by atoms with Crippen LogP contribution in [-0.4, -0.2) is 36.0 Å². The van der Waals surface area contributed by atoms with Crippen molar-refractivity contribution in [3.05, 3.63) is 29.8 Å². The zero-order valence-electron chi connectivity index (χ0n) is 14.2. The molecular weight excluding hydrogens is 339 g/mol. The zero-order valence-corrected chi connectivity index (χ0v) is 15.1. The predicted octanol–water partition coefficient (Wildman–Crippen LogP) is 5.13. The molecule has 0 spiro atoms. The number of benzene rings is 1. The van der Waals surface area contributed by atoms with Gasteiger partial charge in [0.1, 0.15) is 17.1 Å². The van der Waals surface area contributed by atoms with Gasteiger partial charge in [-0.15, -0.1) is 0 Å². The quantitative estimate of drug-likeness (QED) is 0.517. The zero-order chi connectivity index (χ0) is 18.0. The summed E-state index contributed by atoms with van der Waals surface area (Å²) >= 11 is 1.57. The molecule has 24 heavy (non-hydrogen) atoms. The molecule has 2 rings (SSSR count). The van der Waals surface area contributed by atoms with Crippen LogP contribution in [0.15, 0.2) is 24.3 Å². The molecule has 7 heteroatoms. The molecule has 0 saturated heterocycles. The molecule has 1 aliphatic rings. The summed E-state index contributed by atoms with van der Waals surface area (Å²) in [5.41, 5.74) is 1.44. The summed E-state index contributed by atoms with van der Waals surface area (Å²) in [7, 11) is 1.96. The van der Waals surface area contributed by atoms with Crippen molar-refractivity contribution in [2.75, 3.05) is 19.9 Å². The van der Waals surface area contributed by atoms with Crippen molar-refractivity contribution in [3.8, 4) is 11.5 Å². The Hall–Kier alpha value is -1.50. The van der Waals surface area contributed by atoms with Gasteiger partial charge in [0, 0.05) is 25.3 Å². The average Bonchev–Trinajstić information content (AvgIpc) is 2.48. The molecule has 1 aromatic carbocycles. The molecule has 0 unspecified atom stereocenters. The molecular formula is C17H22F3NO2S. The topological polar surface area (TPSA) is 21.7 Å². The summed E-state index contributed by atoms with van der Waals surface area (Å²) in [6.45, 7) is 3.99. The highest BCUT2D eigenvalue weighted by Gasteiger charge is 2.29. The van der Waals surface area contributed by atoms with Crippen LogP contribution in [0.25, 0.3) is 5.70 Å². The number of fused-ring (bicyclic) bond motifs is 1. The standard InChI is InChI=1S/C17H22F3NO2S/c1-16(2)11-14(21(3)24-4)13-10-12(6-7-15(13)23-16)22-9-5-8-17(18,19)20/h6-7,10-11H,5,8-9H2,1-4H3. The SMILES string of the molecule is CSN(C)C1=CC(C)(C)Oc2ccc(OCCCC(F)(F)F)cc21. The van der Waals surface area contributed by atoms with Crippen molar-refractivity contribution < 1.29 is 22.6 Å². The number of halogens is 3. The predicted molar refractivity (Wildman–Crippen MR) is 91.2 cm³/mol. The summed E-state index contributed by atoms with van der Waals surface area (Å²) in [5.74, 6) is 1.28. The second-order valence-corrected chi connectivity index (χ2v) is 7.05. The highest BCUT2D eigenvalue weighted by atomic mass is 32.2. The number of hydrogen-bond donors (Lipinski definition) is 0. The lowest BCUT2D eigenvalue weighted by Gasteiger charge is -2.34. The minimum absolute atomic E-state index is 0.0298. The van der Waals surface area contributed by atoms with Crippen LogP contribution in [0, 0.1) is 0 Å². The normalized spacial score (nSPS) is 16.0. The molecule has 0 atom stereocenters. The van der Waals surface area contributed by atoms with E-state index in [1.807, 2.05) is 43.6 Å². The first kappa shape index (κ1) is 18.8. The maximum atomic E-state index is 12.2. The highest BCUT2D eigenvalue weighted by molar-refractivity contribution is 7.96. The molecule has 1 heterocycles. The van der Waals surface area contributed by atoms with Gasteiger partial charge in [-0.3, -0.25) is 0 Å². The molecule has 0 saturated carbocycles. The van der Waals surface area contributed by atoms with Crippen LogP contribution >= 0.6 is 11.9 Å². The van der Waals surface area contributed by atoms with Crippen LogP contribution in [0.3, 0.4) is 0 Å². The maximum absolute atomic E-state index is 12.2. The number of ether oxygens (including phenoxy) is 2. The third kappa shape index (κ3) is 5.00. The summed E-state index contributed by atoms with van der Waals surface area (Å²) in [6, 6.07) is 5.35. The van der Waals surface area contributed by atoms with Gasteiger partial charge in [-0.1, -0.05) is 11.9 Å². The van der Waals surface area contributed by atoms with E-state index in [2.05, 4.69) is 0 Å². The van der Waals surface area contributed by atoms with Gasteiger partial charge < -0.3 is 13.8 Å². The second kappa shape index (κ2) is 7.17. The van der Waals surface area contributed by atoms with Crippen molar-refractivity contribution in [3.63, 3.8) is 0 Å². The molecule has 0 aliphatic carbocycles. The minimum atomic E-state index is -4.14. The summed E-state index contributed by atoms with van der Waals surface area (Å²) in [5, 5.41) is 0. The molecule has 0 fully saturated rings. The third-order valence-electron chi connectivity index (χ3n) is 3.57. The van der Waals surface area contributed by atoms with Crippen molar-refractivity contribution >= 4 is 17.6 Å². The van der Waals surface area contributed by atoms with Crippen LogP contribution in [-0.2, 0) is 0 Å². The Kier molecular flexibility index (Phi) is 5.63. The maximum Gasteiger partial charge on any atom is 0.389 e. The Morgan fingerprint density at radius 3 is 2.62 bits per heavy atom. The van der Waals surface area contributed by atoms with E-state index in [9.17, 15) is 13.2 Å². The van der Waals surface area contributed by atoms with Crippen molar-refractivity contribution in [1.82, 2.24) is 4.31 Å². The van der Waals surface area contributed by atoms with Gasteiger partial charge in [0.2, 0.25) is 0 Å². The Morgan fingerprint density at radius 1 is 1.29 bits per heavy atom. The van der Waals surface area contributed by atoms with Gasteiger partial charge in [-0.05, 0) is 44.5 Å². The molecule has 1 aromatic rings. The van der Waals surface area contributed by atoms with E-state index in [0.29, 0.717) is 5.75 Å². The Morgan fingerprint density at radius 2 is 2.00 bits per heavy atom. The Balaban J connectivity index is 2.14. The summed E-state index contributed by atoms with van der Waals surface area (Å²) < 4.78 is 50.0. The largest absolute Gasteiger partial charge is 0.494 e. The number of nitrogens with zero attached hydrogens (tertiary/aromatic N) is 1. The fourth-order valence-electron chi connectivity index (χ4n) is 2.43. The van der Waals surface area contributed by atoms with E-state index in [1.165, 1.54) is 0 Å². The van der Waals surface area contributed by atoms with Crippen LogP contribution in [0.1, 0.15) is 32.3 Å². The van der Waals surface area contributed by atoms with Crippen LogP contribution in [0.2, 0.25) is 0 Å². The van der Waals surface area contributed by atoms with Gasteiger partial charge in [0.15, 0.2) is 0 Å². The fourth-order valence-corrected chi connectivity index (χ4v) is 2.78. The van der Waals surface area contributed by atoms with E-state index < -0.39 is 18.2 Å².